The van der Waals surface area contributed by atoms with E-state index in [1.54, 1.807) is 0 Å². The van der Waals surface area contributed by atoms with Gasteiger partial charge in [0, 0.05) is 30.2 Å². The molecule has 0 saturated heterocycles. The molecule has 1 aromatic carbocycles. The fourth-order valence-corrected chi connectivity index (χ4v) is 2.58. The molecule has 0 N–H and O–H groups in total. The highest BCUT2D eigenvalue weighted by atomic mass is 35.5. The normalized spacial score (nSPS) is 25.1. The average Bonchev–Trinajstić information content (AvgIpc) is 2.38. The quantitative estimate of drug-likeness (QED) is 0.454. The average molecular weight is 320 g/mol. The van der Waals surface area contributed by atoms with Crippen LogP contribution in [-0.2, 0) is 4.74 Å². The first-order valence-corrected chi connectivity index (χ1v) is 7.20. The number of rotatable bonds is 6. The van der Waals surface area contributed by atoms with E-state index in [0.29, 0.717) is 18.1 Å². The summed E-state index contributed by atoms with van der Waals surface area (Å²) in [6.45, 7) is 2.59. The predicted molar refractivity (Wildman–Crippen MR) is 76.8 cm³/mol. The van der Waals surface area contributed by atoms with E-state index in [4.69, 9.17) is 32.7 Å². The Morgan fingerprint density at radius 3 is 2.85 bits per heavy atom. The van der Waals surface area contributed by atoms with Crippen molar-refractivity contribution in [3.8, 4) is 5.75 Å². The molecule has 1 aliphatic rings. The topological polar surface area (TPSA) is 61.6 Å². The third-order valence-corrected chi connectivity index (χ3v) is 3.75. The van der Waals surface area contributed by atoms with Crippen molar-refractivity contribution in [2.24, 2.45) is 0 Å². The van der Waals surface area contributed by atoms with E-state index in [1.165, 1.54) is 18.2 Å². The minimum absolute atomic E-state index is 0.110. The molecule has 0 amide bonds. The Kier molecular flexibility index (Phi) is 5.07. The van der Waals surface area contributed by atoms with Crippen LogP contribution >= 0.6 is 23.2 Å². The first-order chi connectivity index (χ1) is 9.52. The number of nitro groups is 1. The van der Waals surface area contributed by atoms with Crippen molar-refractivity contribution in [2.75, 3.05) is 6.61 Å². The molecule has 0 heterocycles. The van der Waals surface area contributed by atoms with Crippen molar-refractivity contribution >= 4 is 28.9 Å². The molecule has 0 spiro atoms. The SMILES string of the molecule is CCCOC1C(Cl)CC1Oc1cc(Cl)ccc1[N+](=O)[O-]. The van der Waals surface area contributed by atoms with Crippen LogP contribution in [0.25, 0.3) is 0 Å². The molecule has 0 radical (unpaired) electrons. The van der Waals surface area contributed by atoms with Crippen LogP contribution in [0, 0.1) is 10.1 Å². The summed E-state index contributed by atoms with van der Waals surface area (Å²) in [5.74, 6) is 0.154. The maximum atomic E-state index is 11.0. The highest BCUT2D eigenvalue weighted by Gasteiger charge is 2.43. The zero-order chi connectivity index (χ0) is 14.7. The van der Waals surface area contributed by atoms with Crippen LogP contribution in [0.4, 0.5) is 5.69 Å². The second-order valence-corrected chi connectivity index (χ2v) is 5.61. The van der Waals surface area contributed by atoms with E-state index < -0.39 is 4.92 Å². The Morgan fingerprint density at radius 1 is 1.50 bits per heavy atom. The summed E-state index contributed by atoms with van der Waals surface area (Å²) in [5, 5.41) is 11.2. The summed E-state index contributed by atoms with van der Waals surface area (Å²) in [4.78, 5) is 10.5. The van der Waals surface area contributed by atoms with Crippen LogP contribution in [0.5, 0.6) is 5.75 Å². The number of hydrogen-bond donors (Lipinski definition) is 0. The zero-order valence-electron chi connectivity index (χ0n) is 10.9. The molecule has 110 valence electrons. The van der Waals surface area contributed by atoms with Crippen LogP contribution in [0.15, 0.2) is 18.2 Å². The fourth-order valence-electron chi connectivity index (χ4n) is 2.00. The van der Waals surface area contributed by atoms with Gasteiger partial charge >= 0.3 is 5.69 Å². The van der Waals surface area contributed by atoms with Gasteiger partial charge in [0.15, 0.2) is 5.75 Å². The van der Waals surface area contributed by atoms with Gasteiger partial charge in [0.1, 0.15) is 12.2 Å². The lowest BCUT2D eigenvalue weighted by atomic mass is 9.91. The van der Waals surface area contributed by atoms with Crippen molar-refractivity contribution in [3.63, 3.8) is 0 Å². The molecule has 3 unspecified atom stereocenters. The molecule has 0 aliphatic heterocycles. The Bertz CT molecular complexity index is 497. The number of ether oxygens (including phenoxy) is 2. The molecular formula is C13H15Cl2NO4. The standard InChI is InChI=1S/C13H15Cl2NO4/c1-2-5-19-13-9(15)7-12(13)20-11-6-8(14)3-4-10(11)16(17)18/h3-4,6,9,12-13H,2,5,7H2,1H3. The fraction of sp³-hybridized carbons (Fsp3) is 0.538. The highest BCUT2D eigenvalue weighted by Crippen LogP contribution is 2.37. The Balaban J connectivity index is 2.09. The van der Waals surface area contributed by atoms with Crippen LogP contribution in [0.3, 0.4) is 0 Å². The molecule has 7 heteroatoms. The highest BCUT2D eigenvalue weighted by molar-refractivity contribution is 6.30. The van der Waals surface area contributed by atoms with E-state index >= 15 is 0 Å². The molecule has 1 aromatic rings. The minimum atomic E-state index is -0.496. The third-order valence-electron chi connectivity index (χ3n) is 3.09. The van der Waals surface area contributed by atoms with Gasteiger partial charge in [-0.2, -0.15) is 0 Å². The lowest BCUT2D eigenvalue weighted by Gasteiger charge is -2.40. The first kappa shape index (κ1) is 15.4. The molecule has 0 aromatic heterocycles. The van der Waals surface area contributed by atoms with Crippen LogP contribution < -0.4 is 4.74 Å². The summed E-state index contributed by atoms with van der Waals surface area (Å²) in [5.41, 5.74) is -0.110. The second kappa shape index (κ2) is 6.61. The summed E-state index contributed by atoms with van der Waals surface area (Å²) in [7, 11) is 0. The third kappa shape index (κ3) is 3.34. The van der Waals surface area contributed by atoms with Gasteiger partial charge < -0.3 is 9.47 Å². The van der Waals surface area contributed by atoms with E-state index in [-0.39, 0.29) is 29.0 Å². The van der Waals surface area contributed by atoms with Gasteiger partial charge in [-0.15, -0.1) is 11.6 Å². The van der Waals surface area contributed by atoms with Gasteiger partial charge in [-0.3, -0.25) is 10.1 Å². The lowest BCUT2D eigenvalue weighted by Crippen LogP contribution is -2.52. The molecule has 1 aliphatic carbocycles. The van der Waals surface area contributed by atoms with Gasteiger partial charge in [0.25, 0.3) is 0 Å². The first-order valence-electron chi connectivity index (χ1n) is 6.39. The number of nitro benzene ring substituents is 1. The molecule has 2 rings (SSSR count). The molecule has 5 nitrogen and oxygen atoms in total. The Hall–Kier alpha value is -1.04. The van der Waals surface area contributed by atoms with Gasteiger partial charge in [-0.1, -0.05) is 18.5 Å². The maximum absolute atomic E-state index is 11.0. The molecule has 20 heavy (non-hydrogen) atoms. The monoisotopic (exact) mass is 319 g/mol. The van der Waals surface area contributed by atoms with Gasteiger partial charge in [-0.25, -0.2) is 0 Å². The number of halogens is 2. The Labute approximate surface area is 126 Å². The second-order valence-electron chi connectivity index (χ2n) is 4.61. The largest absolute Gasteiger partial charge is 0.481 e. The molecule has 3 atom stereocenters. The summed E-state index contributed by atoms with van der Waals surface area (Å²) >= 11 is 11.9. The minimum Gasteiger partial charge on any atom is -0.481 e. The Morgan fingerprint density at radius 2 is 2.25 bits per heavy atom. The van der Waals surface area contributed by atoms with Gasteiger partial charge in [0.05, 0.1) is 10.3 Å². The van der Waals surface area contributed by atoms with Crippen molar-refractivity contribution in [1.29, 1.82) is 0 Å². The van der Waals surface area contributed by atoms with E-state index in [0.717, 1.165) is 6.42 Å². The van der Waals surface area contributed by atoms with Crippen LogP contribution in [-0.4, -0.2) is 29.1 Å². The smallest absolute Gasteiger partial charge is 0.311 e. The van der Waals surface area contributed by atoms with Crippen molar-refractivity contribution in [1.82, 2.24) is 0 Å². The molecule has 0 bridgehead atoms. The molecule has 1 fully saturated rings. The summed E-state index contributed by atoms with van der Waals surface area (Å²) < 4.78 is 11.3. The van der Waals surface area contributed by atoms with E-state index in [2.05, 4.69) is 0 Å². The number of nitrogens with zero attached hydrogens (tertiary/aromatic N) is 1. The lowest BCUT2D eigenvalue weighted by molar-refractivity contribution is -0.386. The van der Waals surface area contributed by atoms with Crippen molar-refractivity contribution in [2.45, 2.75) is 37.4 Å². The molecular weight excluding hydrogens is 305 g/mol. The van der Waals surface area contributed by atoms with Crippen molar-refractivity contribution < 1.29 is 14.4 Å². The van der Waals surface area contributed by atoms with Crippen molar-refractivity contribution in [3.05, 3.63) is 33.3 Å². The summed E-state index contributed by atoms with van der Waals surface area (Å²) in [6.07, 6.45) is 0.959. The maximum Gasteiger partial charge on any atom is 0.311 e. The van der Waals surface area contributed by atoms with E-state index in [1.807, 2.05) is 6.92 Å². The number of benzene rings is 1. The van der Waals surface area contributed by atoms with Gasteiger partial charge in [0.2, 0.25) is 0 Å². The van der Waals surface area contributed by atoms with Crippen LogP contribution in [0.2, 0.25) is 5.02 Å². The predicted octanol–water partition coefficient (Wildman–Crippen LogP) is 3.80. The summed E-state index contributed by atoms with van der Waals surface area (Å²) in [6, 6.07) is 4.23. The number of alkyl halides is 1. The van der Waals surface area contributed by atoms with Crippen LogP contribution in [0.1, 0.15) is 19.8 Å². The molecule has 1 saturated carbocycles. The van der Waals surface area contributed by atoms with Gasteiger partial charge in [-0.05, 0) is 12.5 Å². The van der Waals surface area contributed by atoms with E-state index in [9.17, 15) is 10.1 Å². The number of hydrogen-bond acceptors (Lipinski definition) is 4. The zero-order valence-corrected chi connectivity index (χ0v) is 12.4.